The lowest BCUT2D eigenvalue weighted by atomic mass is 10.1. The lowest BCUT2D eigenvalue weighted by molar-refractivity contribution is 0.820. The van der Waals surface area contributed by atoms with E-state index in [2.05, 4.69) is 81.0 Å². The van der Waals surface area contributed by atoms with Gasteiger partial charge in [-0.2, -0.15) is 0 Å². The van der Waals surface area contributed by atoms with E-state index >= 15 is 0 Å². The molecule has 1 unspecified atom stereocenters. The molecule has 0 aromatic heterocycles. The molecule has 3 heteroatoms. The van der Waals surface area contributed by atoms with Crippen LogP contribution in [0.25, 0.3) is 0 Å². The first-order chi connectivity index (χ1) is 9.06. The molecule has 0 N–H and O–H groups in total. The van der Waals surface area contributed by atoms with E-state index in [0.29, 0.717) is 0 Å². The van der Waals surface area contributed by atoms with Gasteiger partial charge in [-0.1, -0.05) is 67.8 Å². The SMILES string of the molecule is Cc1ccc(/C=N\C(C)c2ccc(Br)cc2Br)cc1. The van der Waals surface area contributed by atoms with E-state index in [1.54, 1.807) is 0 Å². The average Bonchev–Trinajstić information content (AvgIpc) is 2.37. The monoisotopic (exact) mass is 379 g/mol. The standard InChI is InChI=1S/C16H15Br2N/c1-11-3-5-13(6-4-11)10-19-12(2)15-8-7-14(17)9-16(15)18/h3-10,12H,1-2H3/b19-10-. The Kier molecular flexibility index (Phi) is 4.94. The molecule has 1 atom stereocenters. The molecule has 0 heterocycles. The van der Waals surface area contributed by atoms with Gasteiger partial charge < -0.3 is 0 Å². The third-order valence-electron chi connectivity index (χ3n) is 2.94. The van der Waals surface area contributed by atoms with Crippen LogP contribution >= 0.6 is 31.9 Å². The summed E-state index contributed by atoms with van der Waals surface area (Å²) in [4.78, 5) is 4.61. The second kappa shape index (κ2) is 6.49. The minimum absolute atomic E-state index is 0.128. The van der Waals surface area contributed by atoms with Gasteiger partial charge in [0.1, 0.15) is 0 Å². The maximum Gasteiger partial charge on any atom is 0.0731 e. The fraction of sp³-hybridized carbons (Fsp3) is 0.188. The molecular weight excluding hydrogens is 366 g/mol. The summed E-state index contributed by atoms with van der Waals surface area (Å²) in [6, 6.07) is 14.7. The number of aliphatic imine (C=N–C) groups is 1. The number of aryl methyl sites for hydroxylation is 1. The smallest absolute Gasteiger partial charge is 0.0731 e. The summed E-state index contributed by atoms with van der Waals surface area (Å²) in [6.07, 6.45) is 1.93. The van der Waals surface area contributed by atoms with Gasteiger partial charge in [0.2, 0.25) is 0 Å². The molecular formula is C16H15Br2N. The van der Waals surface area contributed by atoms with Crippen molar-refractivity contribution in [1.29, 1.82) is 0 Å². The summed E-state index contributed by atoms with van der Waals surface area (Å²) in [5.74, 6) is 0. The van der Waals surface area contributed by atoms with Crippen molar-refractivity contribution in [3.63, 3.8) is 0 Å². The molecule has 2 rings (SSSR count). The third kappa shape index (κ3) is 4.02. The first-order valence-corrected chi connectivity index (χ1v) is 7.69. The topological polar surface area (TPSA) is 12.4 Å². The van der Waals surface area contributed by atoms with E-state index in [4.69, 9.17) is 0 Å². The molecule has 0 saturated carbocycles. The van der Waals surface area contributed by atoms with Gasteiger partial charge in [0.25, 0.3) is 0 Å². The van der Waals surface area contributed by atoms with Crippen LogP contribution < -0.4 is 0 Å². The molecule has 0 saturated heterocycles. The second-order valence-electron chi connectivity index (χ2n) is 4.53. The Morgan fingerprint density at radius 3 is 2.37 bits per heavy atom. The van der Waals surface area contributed by atoms with E-state index in [9.17, 15) is 0 Å². The number of hydrogen-bond acceptors (Lipinski definition) is 1. The van der Waals surface area contributed by atoms with Crippen molar-refractivity contribution in [2.45, 2.75) is 19.9 Å². The van der Waals surface area contributed by atoms with E-state index in [1.807, 2.05) is 18.3 Å². The quantitative estimate of drug-likeness (QED) is 0.605. The van der Waals surface area contributed by atoms with E-state index in [-0.39, 0.29) is 6.04 Å². The van der Waals surface area contributed by atoms with Gasteiger partial charge in [-0.25, -0.2) is 0 Å². The molecule has 19 heavy (non-hydrogen) atoms. The summed E-state index contributed by atoms with van der Waals surface area (Å²) in [5, 5.41) is 0. The van der Waals surface area contributed by atoms with Crippen LogP contribution in [0.5, 0.6) is 0 Å². The third-order valence-corrected chi connectivity index (χ3v) is 4.12. The number of rotatable bonds is 3. The molecule has 1 nitrogen and oxygen atoms in total. The van der Waals surface area contributed by atoms with Gasteiger partial charge in [-0.15, -0.1) is 0 Å². The van der Waals surface area contributed by atoms with Crippen molar-refractivity contribution >= 4 is 38.1 Å². The Bertz CT molecular complexity index is 588. The molecule has 0 amide bonds. The number of nitrogens with zero attached hydrogens (tertiary/aromatic N) is 1. The van der Waals surface area contributed by atoms with Crippen LogP contribution in [-0.4, -0.2) is 6.21 Å². The summed E-state index contributed by atoms with van der Waals surface area (Å²) >= 11 is 7.04. The minimum atomic E-state index is 0.128. The van der Waals surface area contributed by atoms with E-state index in [1.165, 1.54) is 11.1 Å². The molecule has 0 aliphatic carbocycles. The number of benzene rings is 2. The normalized spacial score (nSPS) is 12.8. The molecule has 0 fully saturated rings. The first kappa shape index (κ1) is 14.5. The first-order valence-electron chi connectivity index (χ1n) is 6.11. The van der Waals surface area contributed by atoms with Crippen molar-refractivity contribution in [2.24, 2.45) is 4.99 Å². The highest BCUT2D eigenvalue weighted by Crippen LogP contribution is 2.28. The molecule has 0 aliphatic rings. The van der Waals surface area contributed by atoms with E-state index < -0.39 is 0 Å². The predicted molar refractivity (Wildman–Crippen MR) is 89.0 cm³/mol. The highest BCUT2D eigenvalue weighted by molar-refractivity contribution is 9.11. The maximum atomic E-state index is 4.61. The number of hydrogen-bond donors (Lipinski definition) is 0. The average molecular weight is 381 g/mol. The molecule has 0 bridgehead atoms. The highest BCUT2D eigenvalue weighted by atomic mass is 79.9. The van der Waals surface area contributed by atoms with Gasteiger partial charge in [-0.3, -0.25) is 4.99 Å². The summed E-state index contributed by atoms with van der Waals surface area (Å²) < 4.78 is 2.15. The second-order valence-corrected chi connectivity index (χ2v) is 6.30. The molecule has 98 valence electrons. The van der Waals surface area contributed by atoms with E-state index in [0.717, 1.165) is 14.5 Å². The van der Waals surface area contributed by atoms with Crippen LogP contribution in [0.3, 0.4) is 0 Å². The van der Waals surface area contributed by atoms with Crippen LogP contribution in [0.1, 0.15) is 29.7 Å². The summed E-state index contributed by atoms with van der Waals surface area (Å²) in [7, 11) is 0. The van der Waals surface area contributed by atoms with Crippen molar-refractivity contribution in [3.8, 4) is 0 Å². The Hall–Kier alpha value is -0.930. The minimum Gasteiger partial charge on any atom is -0.285 e. The zero-order valence-corrected chi connectivity index (χ0v) is 14.1. The zero-order valence-electron chi connectivity index (χ0n) is 10.9. The summed E-state index contributed by atoms with van der Waals surface area (Å²) in [5.41, 5.74) is 3.58. The molecule has 2 aromatic carbocycles. The van der Waals surface area contributed by atoms with Gasteiger partial charge in [0, 0.05) is 15.2 Å². The van der Waals surface area contributed by atoms with Crippen LogP contribution in [0.4, 0.5) is 0 Å². The van der Waals surface area contributed by atoms with Crippen LogP contribution in [0.2, 0.25) is 0 Å². The fourth-order valence-electron chi connectivity index (χ4n) is 1.77. The van der Waals surface area contributed by atoms with Crippen molar-refractivity contribution < 1.29 is 0 Å². The predicted octanol–water partition coefficient (Wildman–Crippen LogP) is 5.70. The Morgan fingerprint density at radius 1 is 1.05 bits per heavy atom. The van der Waals surface area contributed by atoms with Crippen LogP contribution in [0, 0.1) is 6.92 Å². The van der Waals surface area contributed by atoms with Crippen molar-refractivity contribution in [1.82, 2.24) is 0 Å². The van der Waals surface area contributed by atoms with Gasteiger partial charge in [0.05, 0.1) is 6.04 Å². The number of halogens is 2. The largest absolute Gasteiger partial charge is 0.285 e. The zero-order chi connectivity index (χ0) is 13.8. The fourth-order valence-corrected chi connectivity index (χ4v) is 3.15. The van der Waals surface area contributed by atoms with Crippen LogP contribution in [-0.2, 0) is 0 Å². The Morgan fingerprint density at radius 2 is 1.74 bits per heavy atom. The Labute approximate surface area is 131 Å². The lowest BCUT2D eigenvalue weighted by Gasteiger charge is -2.09. The van der Waals surface area contributed by atoms with Gasteiger partial charge in [-0.05, 0) is 37.1 Å². The van der Waals surface area contributed by atoms with Crippen molar-refractivity contribution in [3.05, 3.63) is 68.1 Å². The molecule has 2 aromatic rings. The van der Waals surface area contributed by atoms with Gasteiger partial charge >= 0.3 is 0 Å². The Balaban J connectivity index is 2.16. The molecule has 0 radical (unpaired) electrons. The van der Waals surface area contributed by atoms with Crippen molar-refractivity contribution in [2.75, 3.05) is 0 Å². The lowest BCUT2D eigenvalue weighted by Crippen LogP contribution is -1.93. The molecule has 0 spiro atoms. The summed E-state index contributed by atoms with van der Waals surface area (Å²) in [6.45, 7) is 4.18. The molecule has 0 aliphatic heterocycles. The van der Waals surface area contributed by atoms with Gasteiger partial charge in [0.15, 0.2) is 0 Å². The van der Waals surface area contributed by atoms with Crippen LogP contribution in [0.15, 0.2) is 56.4 Å². The maximum absolute atomic E-state index is 4.61. The highest BCUT2D eigenvalue weighted by Gasteiger charge is 2.07.